The minimum absolute atomic E-state index is 0.177. The summed E-state index contributed by atoms with van der Waals surface area (Å²) >= 11 is 0. The van der Waals surface area contributed by atoms with Crippen LogP contribution in [0.5, 0.6) is 0 Å². The van der Waals surface area contributed by atoms with Crippen LogP contribution in [0.3, 0.4) is 0 Å². The number of fused-ring (bicyclic) bond motifs is 1. The first kappa shape index (κ1) is 24.8. The predicted octanol–water partition coefficient (Wildman–Crippen LogP) is 4.38. The van der Waals surface area contributed by atoms with E-state index in [2.05, 4.69) is 0 Å². The number of carbonyl (C=O) groups is 1. The fourth-order valence-electron chi connectivity index (χ4n) is 4.51. The van der Waals surface area contributed by atoms with Gasteiger partial charge in [-0.3, -0.25) is 4.79 Å². The Labute approximate surface area is 201 Å². The minimum Gasteiger partial charge on any atom is -0.466 e. The van der Waals surface area contributed by atoms with Gasteiger partial charge >= 0.3 is 5.97 Å². The molecule has 2 aromatic carbocycles. The van der Waals surface area contributed by atoms with Crippen LogP contribution in [0.2, 0.25) is 0 Å². The van der Waals surface area contributed by atoms with E-state index in [1.807, 2.05) is 74.5 Å². The summed E-state index contributed by atoms with van der Waals surface area (Å²) in [5.41, 5.74) is 1.16. The number of ether oxygens (including phenoxy) is 6. The third-order valence-electron chi connectivity index (χ3n) is 6.04. The van der Waals surface area contributed by atoms with E-state index in [4.69, 9.17) is 28.4 Å². The van der Waals surface area contributed by atoms with Crippen LogP contribution in [-0.2, 0) is 46.4 Å². The molecule has 4 rings (SSSR count). The Bertz CT molecular complexity index is 917. The van der Waals surface area contributed by atoms with Crippen molar-refractivity contribution in [2.75, 3.05) is 13.2 Å². The van der Waals surface area contributed by atoms with Gasteiger partial charge < -0.3 is 28.4 Å². The maximum absolute atomic E-state index is 12.3. The van der Waals surface area contributed by atoms with Crippen molar-refractivity contribution in [2.24, 2.45) is 0 Å². The molecule has 2 aromatic rings. The second-order valence-corrected chi connectivity index (χ2v) is 9.15. The molecule has 1 unspecified atom stereocenters. The van der Waals surface area contributed by atoms with Crippen molar-refractivity contribution in [3.63, 3.8) is 0 Å². The summed E-state index contributed by atoms with van der Waals surface area (Å²) in [4.78, 5) is 12.3. The Kier molecular flexibility index (Phi) is 8.01. The van der Waals surface area contributed by atoms with Crippen LogP contribution in [-0.4, -0.2) is 49.1 Å². The fraction of sp³-hybridized carbons (Fsp3) is 0.519. The SMILES string of the molecule is CCOC(=O)CC[C@]1(COCc2ccccc2)O[C@@H]2OC(C)(C)O[C@@H]2C1OCc1ccccc1. The van der Waals surface area contributed by atoms with Crippen LogP contribution in [0.1, 0.15) is 44.7 Å². The first-order valence-corrected chi connectivity index (χ1v) is 11.9. The highest BCUT2D eigenvalue weighted by atomic mass is 16.8. The summed E-state index contributed by atoms with van der Waals surface area (Å²) in [6, 6.07) is 19.9. The zero-order valence-electron chi connectivity index (χ0n) is 20.1. The summed E-state index contributed by atoms with van der Waals surface area (Å²) in [5.74, 6) is -1.07. The van der Waals surface area contributed by atoms with E-state index in [0.717, 1.165) is 11.1 Å². The van der Waals surface area contributed by atoms with Gasteiger partial charge in [0.1, 0.15) is 17.8 Å². The molecule has 7 heteroatoms. The molecule has 2 aliphatic rings. The number of benzene rings is 2. The third-order valence-corrected chi connectivity index (χ3v) is 6.04. The van der Waals surface area contributed by atoms with Gasteiger partial charge in [-0.15, -0.1) is 0 Å². The summed E-state index contributed by atoms with van der Waals surface area (Å²) in [6.45, 7) is 6.85. The number of hydrogen-bond donors (Lipinski definition) is 0. The molecule has 2 fully saturated rings. The highest BCUT2D eigenvalue weighted by molar-refractivity contribution is 5.69. The zero-order chi connectivity index (χ0) is 24.0. The summed E-state index contributed by atoms with van der Waals surface area (Å²) in [5, 5.41) is 0. The van der Waals surface area contributed by atoms with Crippen molar-refractivity contribution in [1.29, 1.82) is 0 Å². The van der Waals surface area contributed by atoms with E-state index >= 15 is 0 Å². The molecule has 0 spiro atoms. The van der Waals surface area contributed by atoms with Crippen molar-refractivity contribution >= 4 is 5.97 Å². The monoisotopic (exact) mass is 470 g/mol. The smallest absolute Gasteiger partial charge is 0.305 e. The van der Waals surface area contributed by atoms with E-state index < -0.39 is 29.9 Å². The predicted molar refractivity (Wildman–Crippen MR) is 125 cm³/mol. The van der Waals surface area contributed by atoms with Crippen molar-refractivity contribution < 1.29 is 33.2 Å². The highest BCUT2D eigenvalue weighted by Crippen LogP contribution is 2.46. The quantitative estimate of drug-likeness (QED) is 0.451. The first-order chi connectivity index (χ1) is 16.4. The normalized spacial score (nSPS) is 27.4. The number of hydrogen-bond acceptors (Lipinski definition) is 7. The molecular weight excluding hydrogens is 436 g/mol. The molecule has 7 nitrogen and oxygen atoms in total. The minimum atomic E-state index is -0.928. The second-order valence-electron chi connectivity index (χ2n) is 9.15. The molecule has 0 N–H and O–H groups in total. The van der Waals surface area contributed by atoms with Crippen molar-refractivity contribution in [1.82, 2.24) is 0 Å². The topological polar surface area (TPSA) is 72.5 Å². The lowest BCUT2D eigenvalue weighted by Crippen LogP contribution is -2.50. The van der Waals surface area contributed by atoms with E-state index in [1.165, 1.54) is 0 Å². The number of rotatable bonds is 11. The number of carbonyl (C=O) groups excluding carboxylic acids is 1. The standard InChI is InChI=1S/C27H34O7/c1-4-30-22(28)15-16-27(19-29-17-20-11-7-5-8-12-20)24(31-18-21-13-9-6-10-14-21)23-25(34-27)33-26(2,3)32-23/h5-14,23-25H,4,15-19H2,1-3H3/t23-,24?,25+,27-/m1/s1. The molecule has 2 saturated heterocycles. The molecule has 2 heterocycles. The van der Waals surface area contributed by atoms with Gasteiger partial charge in [0, 0.05) is 6.42 Å². The Morgan fingerprint density at radius 2 is 1.56 bits per heavy atom. The summed E-state index contributed by atoms with van der Waals surface area (Å²) < 4.78 is 36.5. The molecule has 0 amide bonds. The summed E-state index contributed by atoms with van der Waals surface area (Å²) in [7, 11) is 0. The van der Waals surface area contributed by atoms with Gasteiger partial charge in [-0.25, -0.2) is 0 Å². The molecule has 0 aromatic heterocycles. The summed E-state index contributed by atoms with van der Waals surface area (Å²) in [6.07, 6.45) is -1.01. The van der Waals surface area contributed by atoms with Crippen molar-refractivity contribution in [3.8, 4) is 0 Å². The van der Waals surface area contributed by atoms with E-state index in [-0.39, 0.29) is 19.0 Å². The van der Waals surface area contributed by atoms with Gasteiger partial charge in [0.2, 0.25) is 0 Å². The highest BCUT2D eigenvalue weighted by Gasteiger charge is 2.62. The van der Waals surface area contributed by atoms with Gasteiger partial charge in [0.15, 0.2) is 12.1 Å². The van der Waals surface area contributed by atoms with Crippen LogP contribution in [0.15, 0.2) is 60.7 Å². The fourth-order valence-corrected chi connectivity index (χ4v) is 4.51. The van der Waals surface area contributed by atoms with E-state index in [9.17, 15) is 4.79 Å². The molecule has 34 heavy (non-hydrogen) atoms. The van der Waals surface area contributed by atoms with Gasteiger partial charge in [-0.2, -0.15) is 0 Å². The lowest BCUT2D eigenvalue weighted by atomic mass is 9.90. The third kappa shape index (κ3) is 6.03. The number of esters is 1. The maximum Gasteiger partial charge on any atom is 0.305 e. The van der Waals surface area contributed by atoms with Crippen LogP contribution in [0.4, 0.5) is 0 Å². The van der Waals surface area contributed by atoms with E-state index in [0.29, 0.717) is 26.2 Å². The Balaban J connectivity index is 1.54. The van der Waals surface area contributed by atoms with Gasteiger partial charge in [-0.1, -0.05) is 60.7 Å². The molecule has 0 aliphatic carbocycles. The molecule has 184 valence electrons. The maximum atomic E-state index is 12.3. The van der Waals surface area contributed by atoms with Crippen molar-refractivity contribution in [3.05, 3.63) is 71.8 Å². The average molecular weight is 471 g/mol. The van der Waals surface area contributed by atoms with Crippen LogP contribution in [0, 0.1) is 0 Å². The van der Waals surface area contributed by atoms with Gasteiger partial charge in [0.05, 0.1) is 26.4 Å². The zero-order valence-corrected chi connectivity index (χ0v) is 20.1. The van der Waals surface area contributed by atoms with E-state index in [1.54, 1.807) is 6.92 Å². The first-order valence-electron chi connectivity index (χ1n) is 11.9. The van der Waals surface area contributed by atoms with Crippen LogP contribution in [0.25, 0.3) is 0 Å². The van der Waals surface area contributed by atoms with Crippen LogP contribution >= 0.6 is 0 Å². The van der Waals surface area contributed by atoms with Crippen LogP contribution < -0.4 is 0 Å². The lowest BCUT2D eigenvalue weighted by molar-refractivity contribution is -0.256. The second kappa shape index (κ2) is 11.0. The van der Waals surface area contributed by atoms with Gasteiger partial charge in [0.25, 0.3) is 0 Å². The molecule has 4 atom stereocenters. The molecule has 0 bridgehead atoms. The molecule has 0 radical (unpaired) electrons. The largest absolute Gasteiger partial charge is 0.466 e. The Hall–Kier alpha value is -2.29. The molecular formula is C27H34O7. The Morgan fingerprint density at radius 3 is 2.21 bits per heavy atom. The Morgan fingerprint density at radius 1 is 0.912 bits per heavy atom. The molecule has 2 aliphatic heterocycles. The molecule has 0 saturated carbocycles. The van der Waals surface area contributed by atoms with Gasteiger partial charge in [-0.05, 0) is 38.3 Å². The van der Waals surface area contributed by atoms with Crippen molar-refractivity contribution in [2.45, 2.75) is 76.7 Å². The lowest BCUT2D eigenvalue weighted by Gasteiger charge is -2.36. The average Bonchev–Trinajstić information content (AvgIpc) is 3.26.